The highest BCUT2D eigenvalue weighted by atomic mass is 32.2. The van der Waals surface area contributed by atoms with Gasteiger partial charge in [-0.15, -0.1) is 0 Å². The van der Waals surface area contributed by atoms with Crippen LogP contribution in [0.4, 0.5) is 0 Å². The smallest absolute Gasteiger partial charge is 0.309 e. The Labute approximate surface area is 255 Å². The molecule has 240 valence electrons. The maximum Gasteiger partial charge on any atom is 0.309 e. The second-order valence-electron chi connectivity index (χ2n) is 15.6. The summed E-state index contributed by atoms with van der Waals surface area (Å²) in [6.45, 7) is 29.2. The van der Waals surface area contributed by atoms with Crippen LogP contribution in [0.15, 0.2) is 0 Å². The summed E-state index contributed by atoms with van der Waals surface area (Å²) in [6, 6.07) is 0. The molecule has 0 heterocycles. The van der Waals surface area contributed by atoms with Crippen molar-refractivity contribution in [1.82, 2.24) is 0 Å². The molecule has 0 rings (SSSR count). The van der Waals surface area contributed by atoms with Crippen LogP contribution in [0.2, 0.25) is 0 Å². The minimum absolute atomic E-state index is 0.0423. The molecule has 0 fully saturated rings. The van der Waals surface area contributed by atoms with Crippen molar-refractivity contribution < 1.29 is 19.0 Å². The van der Waals surface area contributed by atoms with Crippen molar-refractivity contribution in [2.75, 3.05) is 19.0 Å². The van der Waals surface area contributed by atoms with Crippen molar-refractivity contribution in [1.29, 1.82) is 0 Å². The van der Waals surface area contributed by atoms with E-state index in [0.717, 1.165) is 31.4 Å². The molecular formula is C35H70O4S. The van der Waals surface area contributed by atoms with E-state index in [1.165, 1.54) is 51.4 Å². The van der Waals surface area contributed by atoms with Crippen molar-refractivity contribution in [3.63, 3.8) is 0 Å². The van der Waals surface area contributed by atoms with Crippen LogP contribution in [0.3, 0.4) is 0 Å². The average molecular weight is 587 g/mol. The molecule has 2 unspecified atom stereocenters. The molecule has 0 amide bonds. The number of hydrogen-bond donors (Lipinski definition) is 0. The van der Waals surface area contributed by atoms with Crippen LogP contribution in [0, 0.1) is 11.3 Å². The van der Waals surface area contributed by atoms with E-state index in [2.05, 4.69) is 90.0 Å². The Balaban J connectivity index is 4.93. The molecule has 0 saturated carbocycles. The fraction of sp³-hybridized carbons (Fsp3) is 0.971. The van der Waals surface area contributed by atoms with E-state index in [4.69, 9.17) is 14.2 Å². The van der Waals surface area contributed by atoms with Crippen molar-refractivity contribution in [2.24, 2.45) is 11.3 Å². The fourth-order valence-corrected chi connectivity index (χ4v) is 5.84. The van der Waals surface area contributed by atoms with Gasteiger partial charge in [0, 0.05) is 10.5 Å². The molecule has 0 N–H and O–H groups in total. The predicted molar refractivity (Wildman–Crippen MR) is 176 cm³/mol. The second-order valence-corrected chi connectivity index (χ2v) is 17.3. The molecule has 0 radical (unpaired) electrons. The molecule has 0 aromatic carbocycles. The number of carbonyl (C=O) groups is 1. The Bertz CT molecular complexity index is 674. The summed E-state index contributed by atoms with van der Waals surface area (Å²) in [5.41, 5.74) is -1.04. The van der Waals surface area contributed by atoms with Gasteiger partial charge in [0.1, 0.15) is 0 Å². The van der Waals surface area contributed by atoms with Gasteiger partial charge in [-0.05, 0) is 66.2 Å². The molecular weight excluding hydrogens is 516 g/mol. The third-order valence-electron chi connectivity index (χ3n) is 7.72. The third kappa shape index (κ3) is 19.8. The summed E-state index contributed by atoms with van der Waals surface area (Å²) < 4.78 is 18.6. The molecule has 0 aromatic heterocycles. The van der Waals surface area contributed by atoms with Crippen molar-refractivity contribution in [3.8, 4) is 0 Å². The lowest BCUT2D eigenvalue weighted by atomic mass is 9.76. The van der Waals surface area contributed by atoms with Crippen LogP contribution in [0.5, 0.6) is 0 Å². The first-order valence-corrected chi connectivity index (χ1v) is 17.4. The molecule has 0 aliphatic heterocycles. The summed E-state index contributed by atoms with van der Waals surface area (Å²) >= 11 is 1.88. The van der Waals surface area contributed by atoms with Gasteiger partial charge < -0.3 is 14.2 Å². The van der Waals surface area contributed by atoms with Gasteiger partial charge in [0.2, 0.25) is 0 Å². The lowest BCUT2D eigenvalue weighted by Crippen LogP contribution is -2.47. The summed E-state index contributed by atoms with van der Waals surface area (Å²) in [7, 11) is 0. The summed E-state index contributed by atoms with van der Waals surface area (Å²) in [5.74, 6) is 0.604. The molecule has 0 spiro atoms. The van der Waals surface area contributed by atoms with E-state index in [-0.39, 0.29) is 33.3 Å². The normalized spacial score (nSPS) is 15.6. The minimum Gasteiger partial charge on any atom is -0.465 e. The van der Waals surface area contributed by atoms with Crippen molar-refractivity contribution >= 4 is 17.7 Å². The number of thioether (sulfide) groups is 1. The molecule has 0 saturated heterocycles. The standard InChI is InChI=1S/C35H70O4S/c1-14-16-17-18-19-20-21-22-23-24-25-37-30(36)29(31(3,4)5)26-34(11,12)40-28-35(13,27-38-32(6,7)8)39-33(9,10)15-2/h29H,14-28H2,1-13H3. The highest BCUT2D eigenvalue weighted by molar-refractivity contribution is 8.00. The van der Waals surface area contributed by atoms with Gasteiger partial charge in [-0.25, -0.2) is 0 Å². The molecule has 2 atom stereocenters. The highest BCUT2D eigenvalue weighted by Gasteiger charge is 2.40. The minimum atomic E-state index is -0.429. The van der Waals surface area contributed by atoms with Crippen molar-refractivity contribution in [3.05, 3.63) is 0 Å². The van der Waals surface area contributed by atoms with Gasteiger partial charge in [-0.1, -0.05) is 106 Å². The van der Waals surface area contributed by atoms with E-state index in [1.807, 2.05) is 11.8 Å². The fourth-order valence-electron chi connectivity index (χ4n) is 4.71. The Morgan fingerprint density at radius 2 is 1.23 bits per heavy atom. The first-order valence-electron chi connectivity index (χ1n) is 16.4. The molecule has 0 aliphatic rings. The largest absolute Gasteiger partial charge is 0.465 e. The molecule has 0 aliphatic carbocycles. The first-order chi connectivity index (χ1) is 18.3. The number of rotatable bonds is 22. The van der Waals surface area contributed by atoms with Crippen LogP contribution < -0.4 is 0 Å². The number of carbonyl (C=O) groups excluding carboxylic acids is 1. The maximum atomic E-state index is 13.3. The van der Waals surface area contributed by atoms with E-state index in [1.54, 1.807) is 0 Å². The number of hydrogen-bond acceptors (Lipinski definition) is 5. The van der Waals surface area contributed by atoms with E-state index in [0.29, 0.717) is 13.2 Å². The van der Waals surface area contributed by atoms with Gasteiger partial charge in [-0.3, -0.25) is 4.79 Å². The summed E-state index contributed by atoms with van der Waals surface area (Å²) in [5, 5.41) is 0. The highest BCUT2D eigenvalue weighted by Crippen LogP contribution is 2.41. The number of ether oxygens (including phenoxy) is 3. The molecule has 4 nitrogen and oxygen atoms in total. The predicted octanol–water partition coefficient (Wildman–Crippen LogP) is 10.8. The summed E-state index contributed by atoms with van der Waals surface area (Å²) in [4.78, 5) is 13.3. The van der Waals surface area contributed by atoms with Crippen LogP contribution in [0.1, 0.15) is 167 Å². The van der Waals surface area contributed by atoms with Crippen molar-refractivity contribution in [2.45, 2.75) is 189 Å². The monoisotopic (exact) mass is 586 g/mol. The molecule has 0 aromatic rings. The zero-order valence-corrected chi connectivity index (χ0v) is 30.0. The number of unbranched alkanes of at least 4 members (excludes halogenated alkanes) is 9. The topological polar surface area (TPSA) is 44.8 Å². The van der Waals surface area contributed by atoms with Crippen LogP contribution >= 0.6 is 11.8 Å². The SMILES string of the molecule is CCCCCCCCCCCCOC(=O)C(CC(C)(C)SCC(C)(COC(C)(C)C)OC(C)(C)CC)C(C)(C)C. The van der Waals surface area contributed by atoms with Gasteiger partial charge >= 0.3 is 5.97 Å². The average Bonchev–Trinajstić information content (AvgIpc) is 2.82. The van der Waals surface area contributed by atoms with Gasteiger partial charge in [0.05, 0.1) is 35.9 Å². The lowest BCUT2D eigenvalue weighted by Gasteiger charge is -2.42. The molecule has 5 heteroatoms. The maximum absolute atomic E-state index is 13.3. The Hall–Kier alpha value is -0.260. The zero-order valence-electron chi connectivity index (χ0n) is 29.2. The van der Waals surface area contributed by atoms with Crippen LogP contribution in [-0.2, 0) is 19.0 Å². The second kappa shape index (κ2) is 18.4. The van der Waals surface area contributed by atoms with Crippen LogP contribution in [-0.4, -0.2) is 46.5 Å². The first kappa shape index (κ1) is 39.7. The molecule has 40 heavy (non-hydrogen) atoms. The Kier molecular flexibility index (Phi) is 18.3. The Morgan fingerprint density at radius 1 is 0.725 bits per heavy atom. The van der Waals surface area contributed by atoms with Crippen LogP contribution in [0.25, 0.3) is 0 Å². The van der Waals surface area contributed by atoms with E-state index in [9.17, 15) is 4.79 Å². The van der Waals surface area contributed by atoms with Gasteiger partial charge in [-0.2, -0.15) is 11.8 Å². The van der Waals surface area contributed by atoms with Gasteiger partial charge in [0.25, 0.3) is 0 Å². The van der Waals surface area contributed by atoms with Gasteiger partial charge in [0.15, 0.2) is 0 Å². The van der Waals surface area contributed by atoms with E-state index >= 15 is 0 Å². The molecule has 0 bridgehead atoms. The van der Waals surface area contributed by atoms with E-state index < -0.39 is 5.60 Å². The zero-order chi connectivity index (χ0) is 31.1. The lowest BCUT2D eigenvalue weighted by molar-refractivity contribution is -0.168. The quantitative estimate of drug-likeness (QED) is 0.0932. The summed E-state index contributed by atoms with van der Waals surface area (Å²) in [6.07, 6.45) is 14.5. The Morgan fingerprint density at radius 3 is 1.68 bits per heavy atom. The third-order valence-corrected chi connectivity index (χ3v) is 9.42. The number of esters is 1.